The summed E-state index contributed by atoms with van der Waals surface area (Å²) >= 11 is 5.77. The largest absolute Gasteiger partial charge is 0.502 e. The topological polar surface area (TPSA) is 144 Å². The van der Waals surface area contributed by atoms with Crippen molar-refractivity contribution in [3.63, 3.8) is 0 Å². The molecule has 0 fully saturated rings. The number of ether oxygens (including phenoxy) is 1. The van der Waals surface area contributed by atoms with Gasteiger partial charge in [0.15, 0.2) is 6.61 Å². The number of phenolic OH excluding ortho intramolecular Hbond substituents is 1. The standard InChI is InChI=1S/C19H14ClN3O7/c1-10-4-18(25)30-16-7-13(2-3-14(10)16)29-9-17(24)22-21-8-11-5-12(20)6-15(19(11)26)23(27)28/h2-8,26H,9H2,1H3,(H,22,24). The second-order valence-corrected chi connectivity index (χ2v) is 6.54. The zero-order valence-electron chi connectivity index (χ0n) is 15.4. The Kier molecular flexibility index (Phi) is 5.98. The van der Waals surface area contributed by atoms with Crippen LogP contribution in [0.5, 0.6) is 11.5 Å². The van der Waals surface area contributed by atoms with E-state index in [4.69, 9.17) is 20.8 Å². The van der Waals surface area contributed by atoms with E-state index in [1.165, 1.54) is 18.2 Å². The number of phenols is 1. The van der Waals surface area contributed by atoms with Crippen LogP contribution in [0.15, 0.2) is 50.7 Å². The molecule has 3 aromatic rings. The number of aryl methyl sites for hydroxylation is 1. The summed E-state index contributed by atoms with van der Waals surface area (Å²) in [5.74, 6) is -0.960. The Hall–Kier alpha value is -3.92. The lowest BCUT2D eigenvalue weighted by Gasteiger charge is -2.07. The summed E-state index contributed by atoms with van der Waals surface area (Å²) in [7, 11) is 0. The molecule has 0 bridgehead atoms. The van der Waals surface area contributed by atoms with E-state index in [0.29, 0.717) is 11.3 Å². The Morgan fingerprint density at radius 3 is 2.87 bits per heavy atom. The third kappa shape index (κ3) is 4.73. The van der Waals surface area contributed by atoms with E-state index in [9.17, 15) is 24.8 Å². The normalized spacial score (nSPS) is 11.0. The molecule has 0 unspecified atom stereocenters. The number of nitrogens with zero attached hydrogens (tertiary/aromatic N) is 2. The number of aromatic hydroxyl groups is 1. The van der Waals surface area contributed by atoms with E-state index in [0.717, 1.165) is 23.2 Å². The number of nitro groups is 1. The Labute approximate surface area is 173 Å². The molecule has 1 amide bonds. The van der Waals surface area contributed by atoms with E-state index in [1.807, 2.05) is 0 Å². The molecular weight excluding hydrogens is 418 g/mol. The maximum atomic E-state index is 11.9. The van der Waals surface area contributed by atoms with Crippen molar-refractivity contribution in [1.82, 2.24) is 5.43 Å². The van der Waals surface area contributed by atoms with Gasteiger partial charge in [-0.15, -0.1) is 0 Å². The van der Waals surface area contributed by atoms with E-state index in [1.54, 1.807) is 19.1 Å². The predicted octanol–water partition coefficient (Wildman–Crippen LogP) is 2.90. The van der Waals surface area contributed by atoms with Crippen LogP contribution in [0.2, 0.25) is 5.02 Å². The van der Waals surface area contributed by atoms with Crippen LogP contribution in [-0.4, -0.2) is 28.8 Å². The summed E-state index contributed by atoms with van der Waals surface area (Å²) in [6.07, 6.45) is 1.01. The number of rotatable bonds is 6. The Bertz CT molecular complexity index is 1240. The van der Waals surface area contributed by atoms with Crippen LogP contribution >= 0.6 is 11.6 Å². The third-order valence-electron chi connectivity index (χ3n) is 3.97. The highest BCUT2D eigenvalue weighted by atomic mass is 35.5. The highest BCUT2D eigenvalue weighted by molar-refractivity contribution is 6.31. The first-order valence-corrected chi connectivity index (χ1v) is 8.78. The highest BCUT2D eigenvalue weighted by Crippen LogP contribution is 2.32. The van der Waals surface area contributed by atoms with Gasteiger partial charge in [0.2, 0.25) is 5.75 Å². The average molecular weight is 432 g/mol. The van der Waals surface area contributed by atoms with Crippen molar-refractivity contribution in [2.75, 3.05) is 6.61 Å². The number of hydrogen-bond acceptors (Lipinski definition) is 8. The van der Waals surface area contributed by atoms with Crippen LogP contribution in [0.25, 0.3) is 11.0 Å². The van der Waals surface area contributed by atoms with Gasteiger partial charge in [0.05, 0.1) is 11.1 Å². The number of hydrogen-bond donors (Lipinski definition) is 2. The van der Waals surface area contributed by atoms with Crippen molar-refractivity contribution in [2.24, 2.45) is 5.10 Å². The van der Waals surface area contributed by atoms with Crippen molar-refractivity contribution in [2.45, 2.75) is 6.92 Å². The molecule has 3 rings (SSSR count). The lowest BCUT2D eigenvalue weighted by Crippen LogP contribution is -2.24. The molecule has 11 heteroatoms. The zero-order valence-corrected chi connectivity index (χ0v) is 16.2. The molecule has 30 heavy (non-hydrogen) atoms. The van der Waals surface area contributed by atoms with Gasteiger partial charge < -0.3 is 14.3 Å². The Morgan fingerprint density at radius 2 is 2.13 bits per heavy atom. The zero-order chi connectivity index (χ0) is 21.8. The summed E-state index contributed by atoms with van der Waals surface area (Å²) in [4.78, 5) is 33.4. The number of carbonyl (C=O) groups is 1. The van der Waals surface area contributed by atoms with Crippen molar-refractivity contribution < 1.29 is 24.0 Å². The molecule has 0 aliphatic carbocycles. The number of hydrazone groups is 1. The van der Waals surface area contributed by atoms with Gasteiger partial charge in [0.1, 0.15) is 11.3 Å². The van der Waals surface area contributed by atoms with Gasteiger partial charge in [-0.1, -0.05) is 11.6 Å². The first-order valence-electron chi connectivity index (χ1n) is 8.40. The molecule has 1 heterocycles. The molecule has 0 atom stereocenters. The second kappa shape index (κ2) is 8.62. The van der Waals surface area contributed by atoms with Gasteiger partial charge in [0.25, 0.3) is 5.91 Å². The molecule has 0 radical (unpaired) electrons. The van der Waals surface area contributed by atoms with Crippen LogP contribution in [0.4, 0.5) is 5.69 Å². The maximum absolute atomic E-state index is 11.9. The lowest BCUT2D eigenvalue weighted by molar-refractivity contribution is -0.385. The van der Waals surface area contributed by atoms with Gasteiger partial charge in [-0.3, -0.25) is 14.9 Å². The summed E-state index contributed by atoms with van der Waals surface area (Å²) in [6.45, 7) is 1.37. The van der Waals surface area contributed by atoms with Gasteiger partial charge >= 0.3 is 11.3 Å². The third-order valence-corrected chi connectivity index (χ3v) is 4.18. The quantitative estimate of drug-likeness (QED) is 0.264. The fourth-order valence-corrected chi connectivity index (χ4v) is 2.81. The molecule has 1 aromatic heterocycles. The van der Waals surface area contributed by atoms with Gasteiger partial charge in [-0.25, -0.2) is 10.2 Å². The monoisotopic (exact) mass is 431 g/mol. The summed E-state index contributed by atoms with van der Waals surface area (Å²) < 4.78 is 10.5. The smallest absolute Gasteiger partial charge is 0.336 e. The number of nitro benzene ring substituents is 1. The van der Waals surface area contributed by atoms with Crippen molar-refractivity contribution in [1.29, 1.82) is 0 Å². The lowest BCUT2D eigenvalue weighted by atomic mass is 10.1. The number of fused-ring (bicyclic) bond motifs is 1. The van der Waals surface area contributed by atoms with E-state index in [-0.39, 0.29) is 10.6 Å². The van der Waals surface area contributed by atoms with Crippen LogP contribution in [0, 0.1) is 17.0 Å². The van der Waals surface area contributed by atoms with E-state index < -0.39 is 34.5 Å². The van der Waals surface area contributed by atoms with Crippen LogP contribution in [0.3, 0.4) is 0 Å². The molecule has 0 spiro atoms. The fraction of sp³-hybridized carbons (Fsp3) is 0.105. The van der Waals surface area contributed by atoms with Crippen molar-refractivity contribution in [3.05, 3.63) is 73.1 Å². The molecule has 0 saturated carbocycles. The number of nitrogens with one attached hydrogen (secondary N) is 1. The maximum Gasteiger partial charge on any atom is 0.336 e. The summed E-state index contributed by atoms with van der Waals surface area (Å²) in [5, 5.41) is 25.1. The molecule has 0 aliphatic rings. The molecule has 2 aromatic carbocycles. The van der Waals surface area contributed by atoms with Crippen molar-refractivity contribution in [3.8, 4) is 11.5 Å². The average Bonchev–Trinajstić information content (AvgIpc) is 2.68. The van der Waals surface area contributed by atoms with Gasteiger partial charge in [-0.05, 0) is 30.7 Å². The Balaban J connectivity index is 1.64. The highest BCUT2D eigenvalue weighted by Gasteiger charge is 2.17. The van der Waals surface area contributed by atoms with Gasteiger partial charge in [0, 0.05) is 34.2 Å². The number of carbonyl (C=O) groups excluding carboxylic acids is 1. The number of amides is 1. The number of benzene rings is 2. The van der Waals surface area contributed by atoms with Crippen LogP contribution < -0.4 is 15.8 Å². The number of halogens is 1. The SMILES string of the molecule is Cc1cc(=O)oc2cc(OCC(=O)NN=Cc3cc(Cl)cc([N+](=O)[O-])c3O)ccc12. The molecule has 154 valence electrons. The van der Waals surface area contributed by atoms with Crippen LogP contribution in [-0.2, 0) is 4.79 Å². The molecule has 10 nitrogen and oxygen atoms in total. The summed E-state index contributed by atoms with van der Waals surface area (Å²) in [6, 6.07) is 8.43. The molecule has 0 aliphatic heterocycles. The summed E-state index contributed by atoms with van der Waals surface area (Å²) in [5.41, 5.74) is 2.12. The molecule has 2 N–H and O–H groups in total. The first kappa shape index (κ1) is 20.8. The van der Waals surface area contributed by atoms with E-state index in [2.05, 4.69) is 10.5 Å². The fourth-order valence-electron chi connectivity index (χ4n) is 2.59. The minimum Gasteiger partial charge on any atom is -0.502 e. The first-order chi connectivity index (χ1) is 14.2. The predicted molar refractivity (Wildman–Crippen MR) is 108 cm³/mol. The Morgan fingerprint density at radius 1 is 1.37 bits per heavy atom. The minimum absolute atomic E-state index is 0.0220. The van der Waals surface area contributed by atoms with Crippen molar-refractivity contribution >= 4 is 40.4 Å². The van der Waals surface area contributed by atoms with Crippen LogP contribution in [0.1, 0.15) is 11.1 Å². The second-order valence-electron chi connectivity index (χ2n) is 6.11. The van der Waals surface area contributed by atoms with E-state index >= 15 is 0 Å². The van der Waals surface area contributed by atoms with Gasteiger partial charge in [-0.2, -0.15) is 5.10 Å². The minimum atomic E-state index is -0.794. The molecule has 0 saturated heterocycles. The molecular formula is C19H14ClN3O7.